The zero-order chi connectivity index (χ0) is 12.3. The number of nitrogens with two attached hydrogens (primary N) is 1. The lowest BCUT2D eigenvalue weighted by Gasteiger charge is -1.97. The number of hydrogen-bond acceptors (Lipinski definition) is 2. The highest BCUT2D eigenvalue weighted by Gasteiger charge is 2.05. The van der Waals surface area contributed by atoms with Gasteiger partial charge in [-0.2, -0.15) is 0 Å². The Labute approximate surface area is 108 Å². The molecule has 1 aromatic heterocycles. The summed E-state index contributed by atoms with van der Waals surface area (Å²) < 4.78 is 6.67. The number of primary amides is 1. The second-order valence-electron chi connectivity index (χ2n) is 3.74. The van der Waals surface area contributed by atoms with Crippen molar-refractivity contribution in [3.63, 3.8) is 0 Å². The smallest absolute Gasteiger partial charge is 0.217 e. The highest BCUT2D eigenvalue weighted by atomic mass is 79.9. The van der Waals surface area contributed by atoms with Crippen molar-refractivity contribution in [2.45, 2.75) is 12.8 Å². The number of carbonyl (C=O) groups excluding carboxylic acids is 1. The Hall–Kier alpha value is -1.55. The van der Waals surface area contributed by atoms with Crippen LogP contribution in [0.25, 0.3) is 11.3 Å². The van der Waals surface area contributed by atoms with Crippen LogP contribution in [-0.2, 0) is 11.2 Å². The highest BCUT2D eigenvalue weighted by molar-refractivity contribution is 9.10. The van der Waals surface area contributed by atoms with Crippen molar-refractivity contribution in [2.75, 3.05) is 0 Å². The summed E-state index contributed by atoms with van der Waals surface area (Å²) in [5, 5.41) is 0. The van der Waals surface area contributed by atoms with Gasteiger partial charge in [0.25, 0.3) is 0 Å². The zero-order valence-corrected chi connectivity index (χ0v) is 10.7. The molecule has 0 aliphatic heterocycles. The van der Waals surface area contributed by atoms with E-state index in [1.807, 2.05) is 36.4 Å². The molecule has 17 heavy (non-hydrogen) atoms. The number of amides is 1. The number of carbonyl (C=O) groups is 1. The summed E-state index contributed by atoms with van der Waals surface area (Å²) in [6, 6.07) is 11.6. The van der Waals surface area contributed by atoms with Crippen molar-refractivity contribution < 1.29 is 9.21 Å². The number of rotatable bonds is 4. The molecule has 2 aromatic rings. The molecule has 0 saturated heterocycles. The summed E-state index contributed by atoms with van der Waals surface area (Å²) in [4.78, 5) is 10.7. The minimum absolute atomic E-state index is 0.313. The first-order valence-corrected chi connectivity index (χ1v) is 6.07. The molecule has 4 heteroatoms. The molecular formula is C13H12BrNO2. The first-order valence-electron chi connectivity index (χ1n) is 5.28. The molecule has 3 nitrogen and oxygen atoms in total. The maximum Gasteiger partial charge on any atom is 0.217 e. The Balaban J connectivity index is 2.12. The van der Waals surface area contributed by atoms with Gasteiger partial charge in [0.2, 0.25) is 5.91 Å². The Morgan fingerprint density at radius 2 is 1.88 bits per heavy atom. The van der Waals surface area contributed by atoms with Crippen molar-refractivity contribution in [3.05, 3.63) is 46.6 Å². The van der Waals surface area contributed by atoms with Gasteiger partial charge < -0.3 is 10.2 Å². The lowest BCUT2D eigenvalue weighted by atomic mass is 10.2. The van der Waals surface area contributed by atoms with Gasteiger partial charge in [-0.15, -0.1) is 0 Å². The van der Waals surface area contributed by atoms with Crippen LogP contribution in [0.1, 0.15) is 12.2 Å². The molecule has 0 fully saturated rings. The Bertz CT molecular complexity index is 516. The van der Waals surface area contributed by atoms with Gasteiger partial charge in [-0.05, 0) is 24.3 Å². The highest BCUT2D eigenvalue weighted by Crippen LogP contribution is 2.24. The van der Waals surface area contributed by atoms with E-state index in [9.17, 15) is 4.79 Å². The van der Waals surface area contributed by atoms with Gasteiger partial charge in [-0.1, -0.05) is 28.1 Å². The SMILES string of the molecule is NC(=O)CCc1ccc(-c2ccc(Br)cc2)o1. The number of aryl methyl sites for hydroxylation is 1. The average molecular weight is 294 g/mol. The number of hydrogen-bond donors (Lipinski definition) is 1. The molecule has 2 rings (SSSR count). The lowest BCUT2D eigenvalue weighted by Crippen LogP contribution is -2.10. The molecule has 1 aromatic carbocycles. The van der Waals surface area contributed by atoms with Gasteiger partial charge in [0.05, 0.1) is 0 Å². The third kappa shape index (κ3) is 3.20. The molecule has 0 atom stereocenters. The first-order chi connectivity index (χ1) is 8.15. The van der Waals surface area contributed by atoms with Gasteiger partial charge in [-0.3, -0.25) is 4.79 Å². The predicted octanol–water partition coefficient (Wildman–Crippen LogP) is 3.13. The molecule has 1 amide bonds. The molecule has 0 saturated carbocycles. The van der Waals surface area contributed by atoms with Crippen LogP contribution in [0.4, 0.5) is 0 Å². The van der Waals surface area contributed by atoms with Crippen molar-refractivity contribution in [1.29, 1.82) is 0 Å². The topological polar surface area (TPSA) is 56.2 Å². The molecule has 0 unspecified atom stereocenters. The van der Waals surface area contributed by atoms with Crippen molar-refractivity contribution in [1.82, 2.24) is 0 Å². The minimum atomic E-state index is -0.313. The van der Waals surface area contributed by atoms with Crippen LogP contribution < -0.4 is 5.73 Å². The quantitative estimate of drug-likeness (QED) is 0.941. The van der Waals surface area contributed by atoms with E-state index in [2.05, 4.69) is 15.9 Å². The van der Waals surface area contributed by atoms with Gasteiger partial charge in [0.15, 0.2) is 0 Å². The van der Waals surface area contributed by atoms with Crippen LogP contribution in [0, 0.1) is 0 Å². The monoisotopic (exact) mass is 293 g/mol. The molecular weight excluding hydrogens is 282 g/mol. The molecule has 0 aliphatic rings. The van der Waals surface area contributed by atoms with E-state index in [1.54, 1.807) is 0 Å². The summed E-state index contributed by atoms with van der Waals surface area (Å²) >= 11 is 3.38. The number of halogens is 1. The molecule has 2 N–H and O–H groups in total. The van der Waals surface area contributed by atoms with E-state index < -0.39 is 0 Å². The molecule has 0 aliphatic carbocycles. The van der Waals surface area contributed by atoms with Gasteiger partial charge in [0, 0.05) is 22.9 Å². The predicted molar refractivity (Wildman–Crippen MR) is 69.4 cm³/mol. The fourth-order valence-electron chi connectivity index (χ4n) is 1.53. The lowest BCUT2D eigenvalue weighted by molar-refractivity contribution is -0.118. The van der Waals surface area contributed by atoms with E-state index in [-0.39, 0.29) is 5.91 Å². The summed E-state index contributed by atoms with van der Waals surface area (Å²) in [5.41, 5.74) is 6.10. The largest absolute Gasteiger partial charge is 0.461 e. The van der Waals surface area contributed by atoms with E-state index in [4.69, 9.17) is 10.2 Å². The Kier molecular flexibility index (Phi) is 3.64. The third-order valence-corrected chi connectivity index (χ3v) is 2.94. The summed E-state index contributed by atoms with van der Waals surface area (Å²) in [5.74, 6) is 1.27. The fourth-order valence-corrected chi connectivity index (χ4v) is 1.79. The Morgan fingerprint density at radius 3 is 2.53 bits per heavy atom. The average Bonchev–Trinajstić information content (AvgIpc) is 2.76. The standard InChI is InChI=1S/C13H12BrNO2/c14-10-3-1-9(2-4-10)12-7-5-11(17-12)6-8-13(15)16/h1-5,7H,6,8H2,(H2,15,16). The van der Waals surface area contributed by atoms with E-state index in [1.165, 1.54) is 0 Å². The molecule has 1 heterocycles. The fraction of sp³-hybridized carbons (Fsp3) is 0.154. The molecule has 0 radical (unpaired) electrons. The van der Waals surface area contributed by atoms with Crippen LogP contribution in [0.5, 0.6) is 0 Å². The number of furan rings is 1. The molecule has 0 bridgehead atoms. The number of benzene rings is 1. The summed E-state index contributed by atoms with van der Waals surface area (Å²) in [7, 11) is 0. The van der Waals surface area contributed by atoms with Crippen LogP contribution in [0.2, 0.25) is 0 Å². The van der Waals surface area contributed by atoms with Crippen LogP contribution in [-0.4, -0.2) is 5.91 Å². The third-order valence-electron chi connectivity index (χ3n) is 2.41. The van der Waals surface area contributed by atoms with Crippen molar-refractivity contribution in [3.8, 4) is 11.3 Å². The van der Waals surface area contributed by atoms with Gasteiger partial charge in [-0.25, -0.2) is 0 Å². The van der Waals surface area contributed by atoms with Crippen LogP contribution in [0.15, 0.2) is 45.3 Å². The molecule has 0 spiro atoms. The van der Waals surface area contributed by atoms with Crippen molar-refractivity contribution >= 4 is 21.8 Å². The Morgan fingerprint density at radius 1 is 1.18 bits per heavy atom. The van der Waals surface area contributed by atoms with Crippen LogP contribution >= 0.6 is 15.9 Å². The molecule has 88 valence electrons. The van der Waals surface area contributed by atoms with E-state index >= 15 is 0 Å². The zero-order valence-electron chi connectivity index (χ0n) is 9.15. The normalized spacial score (nSPS) is 10.4. The maximum atomic E-state index is 10.7. The van der Waals surface area contributed by atoms with E-state index in [0.29, 0.717) is 12.8 Å². The summed E-state index contributed by atoms with van der Waals surface area (Å²) in [6.45, 7) is 0. The maximum absolute atomic E-state index is 10.7. The van der Waals surface area contributed by atoms with Gasteiger partial charge in [0.1, 0.15) is 11.5 Å². The first kappa shape index (κ1) is 11.9. The second kappa shape index (κ2) is 5.19. The van der Waals surface area contributed by atoms with E-state index in [0.717, 1.165) is 21.6 Å². The van der Waals surface area contributed by atoms with Crippen molar-refractivity contribution in [2.24, 2.45) is 5.73 Å². The summed E-state index contributed by atoms with van der Waals surface area (Å²) in [6.07, 6.45) is 0.860. The minimum Gasteiger partial charge on any atom is -0.461 e. The second-order valence-corrected chi connectivity index (χ2v) is 4.65. The van der Waals surface area contributed by atoms with Gasteiger partial charge >= 0.3 is 0 Å². The van der Waals surface area contributed by atoms with Crippen LogP contribution in [0.3, 0.4) is 0 Å².